The van der Waals surface area contributed by atoms with Crippen molar-refractivity contribution in [1.82, 2.24) is 15.0 Å². The number of thioether (sulfide) groups is 1. The van der Waals surface area contributed by atoms with Crippen LogP contribution in [0, 0.1) is 0 Å². The van der Waals surface area contributed by atoms with Crippen molar-refractivity contribution in [2.45, 2.75) is 0 Å². The Morgan fingerprint density at radius 2 is 2.39 bits per heavy atom. The van der Waals surface area contributed by atoms with Gasteiger partial charge in [-0.3, -0.25) is 4.79 Å². The zero-order valence-corrected chi connectivity index (χ0v) is 10.3. The third-order valence-corrected chi connectivity index (χ3v) is 3.71. The van der Waals surface area contributed by atoms with Crippen molar-refractivity contribution < 1.29 is 4.79 Å². The van der Waals surface area contributed by atoms with E-state index in [1.165, 1.54) is 18.1 Å². The first-order valence-electron chi connectivity index (χ1n) is 5.45. The van der Waals surface area contributed by atoms with Gasteiger partial charge in [0, 0.05) is 24.7 Å². The molecule has 0 aromatic carbocycles. The van der Waals surface area contributed by atoms with Crippen LogP contribution in [0.15, 0.2) is 29.7 Å². The highest BCUT2D eigenvalue weighted by molar-refractivity contribution is 8.04. The van der Waals surface area contributed by atoms with E-state index in [-0.39, 0.29) is 0 Å². The predicted octanol–water partition coefficient (Wildman–Crippen LogP) is 0.838. The maximum absolute atomic E-state index is 11.2. The van der Waals surface area contributed by atoms with Gasteiger partial charge in [0.2, 0.25) is 0 Å². The molecule has 0 bridgehead atoms. The van der Waals surface area contributed by atoms with Gasteiger partial charge in [-0.15, -0.1) is 11.8 Å². The first-order valence-corrected chi connectivity index (χ1v) is 6.43. The summed E-state index contributed by atoms with van der Waals surface area (Å²) >= 11 is 1.47. The van der Waals surface area contributed by atoms with Crippen LogP contribution >= 0.6 is 11.8 Å². The lowest BCUT2D eigenvalue weighted by molar-refractivity contribution is -0.113. The van der Waals surface area contributed by atoms with E-state index in [1.54, 1.807) is 6.20 Å². The summed E-state index contributed by atoms with van der Waals surface area (Å²) in [6.45, 7) is 0.790. The van der Waals surface area contributed by atoms with Gasteiger partial charge in [-0.1, -0.05) is 0 Å². The number of nitrogens with one attached hydrogen (secondary N) is 1. The third kappa shape index (κ3) is 1.82. The van der Waals surface area contributed by atoms with Gasteiger partial charge in [0.05, 0.1) is 10.3 Å². The second-order valence-electron chi connectivity index (χ2n) is 3.84. The van der Waals surface area contributed by atoms with Gasteiger partial charge in [0.25, 0.3) is 5.91 Å². The number of aromatic nitrogens is 3. The second kappa shape index (κ2) is 4.34. The Bertz CT molecular complexity index is 635. The molecule has 0 aliphatic carbocycles. The number of hydrogen-bond donors (Lipinski definition) is 2. The van der Waals surface area contributed by atoms with E-state index >= 15 is 0 Å². The number of carbonyl (C=O) groups is 1. The van der Waals surface area contributed by atoms with Crippen LogP contribution in [0.4, 0.5) is 5.82 Å². The van der Waals surface area contributed by atoms with E-state index in [2.05, 4.69) is 15.0 Å². The lowest BCUT2D eigenvalue weighted by atomic mass is 10.3. The Morgan fingerprint density at radius 1 is 1.50 bits per heavy atom. The molecule has 0 unspecified atom stereocenters. The van der Waals surface area contributed by atoms with Crippen LogP contribution in [0.2, 0.25) is 0 Å². The second-order valence-corrected chi connectivity index (χ2v) is 4.97. The Labute approximate surface area is 107 Å². The Kier molecular flexibility index (Phi) is 2.67. The van der Waals surface area contributed by atoms with Gasteiger partial charge in [0.1, 0.15) is 17.8 Å². The number of fused-ring (bicyclic) bond motifs is 1. The number of aromatic amines is 1. The fourth-order valence-electron chi connectivity index (χ4n) is 1.89. The molecule has 3 heterocycles. The van der Waals surface area contributed by atoms with Crippen LogP contribution < -0.4 is 10.6 Å². The largest absolute Gasteiger partial charge is 0.365 e. The Hall–Kier alpha value is -2.02. The summed E-state index contributed by atoms with van der Waals surface area (Å²) in [7, 11) is 0. The van der Waals surface area contributed by atoms with Gasteiger partial charge in [-0.25, -0.2) is 9.97 Å². The SMILES string of the molecule is NC(=O)C1=CN(c2ncnc3[nH]ccc23)CCS1. The molecule has 2 aromatic rings. The molecule has 3 N–H and O–H groups in total. The standard InChI is InChI=1S/C11H11N5OS/c12-9(17)8-5-16(3-4-18-8)11-7-1-2-13-10(7)14-6-15-11/h1-2,5-6H,3-4H2,(H2,12,17)(H,13,14,15). The van der Waals surface area contributed by atoms with E-state index in [0.29, 0.717) is 4.91 Å². The minimum Gasteiger partial charge on any atom is -0.365 e. The average Bonchev–Trinajstić information content (AvgIpc) is 2.87. The van der Waals surface area contributed by atoms with E-state index < -0.39 is 5.91 Å². The highest BCUT2D eigenvalue weighted by Crippen LogP contribution is 2.28. The van der Waals surface area contributed by atoms with E-state index in [0.717, 1.165) is 29.1 Å². The molecule has 3 rings (SSSR count). The van der Waals surface area contributed by atoms with Crippen molar-refractivity contribution in [3.63, 3.8) is 0 Å². The van der Waals surface area contributed by atoms with Gasteiger partial charge >= 0.3 is 0 Å². The molecule has 1 amide bonds. The maximum Gasteiger partial charge on any atom is 0.256 e. The van der Waals surface area contributed by atoms with Crippen LogP contribution in [0.5, 0.6) is 0 Å². The molecule has 0 saturated carbocycles. The van der Waals surface area contributed by atoms with Crippen molar-refractivity contribution in [2.24, 2.45) is 5.73 Å². The summed E-state index contributed by atoms with van der Waals surface area (Å²) in [5.74, 6) is 1.20. The summed E-state index contributed by atoms with van der Waals surface area (Å²) in [4.78, 5) is 25.2. The van der Waals surface area contributed by atoms with Gasteiger partial charge in [-0.2, -0.15) is 0 Å². The van der Waals surface area contributed by atoms with Crippen LogP contribution in [0.3, 0.4) is 0 Å². The molecular weight excluding hydrogens is 250 g/mol. The third-order valence-electron chi connectivity index (χ3n) is 2.71. The molecule has 92 valence electrons. The van der Waals surface area contributed by atoms with Crippen LogP contribution in [-0.4, -0.2) is 33.2 Å². The van der Waals surface area contributed by atoms with Gasteiger partial charge in [0.15, 0.2) is 0 Å². The highest BCUT2D eigenvalue weighted by Gasteiger charge is 2.18. The molecule has 0 radical (unpaired) electrons. The van der Waals surface area contributed by atoms with E-state index in [4.69, 9.17) is 5.73 Å². The minimum atomic E-state index is -0.399. The molecule has 0 atom stereocenters. The monoisotopic (exact) mass is 261 g/mol. The summed E-state index contributed by atoms with van der Waals surface area (Å²) in [5.41, 5.74) is 6.09. The molecule has 1 aliphatic rings. The lowest BCUT2D eigenvalue weighted by Gasteiger charge is -2.24. The quantitative estimate of drug-likeness (QED) is 0.836. The molecule has 1 aliphatic heterocycles. The van der Waals surface area contributed by atoms with Crippen molar-refractivity contribution in [3.8, 4) is 0 Å². The number of rotatable bonds is 2. The van der Waals surface area contributed by atoms with Gasteiger partial charge < -0.3 is 15.6 Å². The number of primary amides is 1. The van der Waals surface area contributed by atoms with E-state index in [9.17, 15) is 4.79 Å². The minimum absolute atomic E-state index is 0.399. The number of H-pyrrole nitrogens is 1. The number of hydrogen-bond acceptors (Lipinski definition) is 5. The molecular formula is C11H11N5OS. The molecule has 7 heteroatoms. The van der Waals surface area contributed by atoms with Gasteiger partial charge in [-0.05, 0) is 6.07 Å². The summed E-state index contributed by atoms with van der Waals surface area (Å²) < 4.78 is 0. The predicted molar refractivity (Wildman–Crippen MR) is 71.0 cm³/mol. The van der Waals surface area contributed by atoms with Crippen LogP contribution in [0.1, 0.15) is 0 Å². The van der Waals surface area contributed by atoms with Crippen molar-refractivity contribution in [1.29, 1.82) is 0 Å². The molecule has 2 aromatic heterocycles. The maximum atomic E-state index is 11.2. The number of carbonyl (C=O) groups excluding carboxylic acids is 1. The number of nitrogens with two attached hydrogens (primary N) is 1. The number of amides is 1. The van der Waals surface area contributed by atoms with Crippen molar-refractivity contribution in [3.05, 3.63) is 29.7 Å². The highest BCUT2D eigenvalue weighted by atomic mass is 32.2. The first kappa shape index (κ1) is 11.1. The summed E-state index contributed by atoms with van der Waals surface area (Å²) in [5, 5.41) is 0.935. The molecule has 6 nitrogen and oxygen atoms in total. The van der Waals surface area contributed by atoms with Crippen LogP contribution in [-0.2, 0) is 4.79 Å². The van der Waals surface area contributed by atoms with Crippen molar-refractivity contribution in [2.75, 3.05) is 17.2 Å². The Balaban J connectivity index is 2.06. The fourth-order valence-corrected chi connectivity index (χ4v) is 2.74. The molecule has 0 spiro atoms. The summed E-state index contributed by atoms with van der Waals surface area (Å²) in [6, 6.07) is 1.92. The van der Waals surface area contributed by atoms with Crippen LogP contribution in [0.25, 0.3) is 11.0 Å². The lowest BCUT2D eigenvalue weighted by Crippen LogP contribution is -2.27. The first-order chi connectivity index (χ1) is 8.75. The smallest absolute Gasteiger partial charge is 0.256 e. The fraction of sp³-hybridized carbons (Fsp3) is 0.182. The normalized spacial score (nSPS) is 15.8. The Morgan fingerprint density at radius 3 is 3.22 bits per heavy atom. The molecule has 18 heavy (non-hydrogen) atoms. The average molecular weight is 261 g/mol. The zero-order chi connectivity index (χ0) is 12.5. The topological polar surface area (TPSA) is 87.9 Å². The zero-order valence-electron chi connectivity index (χ0n) is 9.46. The van der Waals surface area contributed by atoms with Crippen molar-refractivity contribution >= 4 is 34.5 Å². The number of anilines is 1. The summed E-state index contributed by atoms with van der Waals surface area (Å²) in [6.07, 6.45) is 5.08. The molecule has 0 fully saturated rings. The number of nitrogens with zero attached hydrogens (tertiary/aromatic N) is 3. The van der Waals surface area contributed by atoms with E-state index in [1.807, 2.05) is 17.2 Å². The molecule has 0 saturated heterocycles.